The Morgan fingerprint density at radius 3 is 1.88 bits per heavy atom. The molecule has 2 heterocycles. The van der Waals surface area contributed by atoms with Gasteiger partial charge in [0.05, 0.1) is 0 Å². The average Bonchev–Trinajstić information content (AvgIpc) is 2.92. The van der Waals surface area contributed by atoms with Crippen molar-refractivity contribution >= 4 is 5.65 Å². The normalized spacial score (nSPS) is 8.00. The van der Waals surface area contributed by atoms with Crippen molar-refractivity contribution in [3.63, 3.8) is 0 Å². The molecule has 0 amide bonds. The van der Waals surface area contributed by atoms with Crippen LogP contribution in [0, 0.1) is 13.8 Å². The number of fused-ring (bicyclic) bond motifs is 1. The zero-order valence-electron chi connectivity index (χ0n) is 12.7. The van der Waals surface area contributed by atoms with E-state index >= 15 is 0 Å². The predicted molar refractivity (Wildman–Crippen MR) is 78.7 cm³/mol. The Balaban J connectivity index is 0. The molecule has 0 aliphatic carbocycles. The Morgan fingerprint density at radius 2 is 1.41 bits per heavy atom. The molecule has 0 aliphatic heterocycles. The van der Waals surface area contributed by atoms with Crippen molar-refractivity contribution < 1.29 is 0 Å². The molecule has 0 bridgehead atoms. The minimum Gasteiger partial charge on any atom is -0.304 e. The fourth-order valence-electron chi connectivity index (χ4n) is 1.28. The molecule has 0 saturated carbocycles. The third kappa shape index (κ3) is 5.03. The SMILES string of the molecule is CC.CC.CC.Cc1ccc(C)n2ccnc12. The lowest BCUT2D eigenvalue weighted by Crippen LogP contribution is -1.90. The molecule has 0 aliphatic rings. The van der Waals surface area contributed by atoms with Gasteiger partial charge in [-0.05, 0) is 25.5 Å². The number of hydrogen-bond donors (Lipinski definition) is 0. The first-order chi connectivity index (χ1) is 8.29. The molecule has 0 aromatic carbocycles. The lowest BCUT2D eigenvalue weighted by molar-refractivity contribution is 1.08. The van der Waals surface area contributed by atoms with Crippen molar-refractivity contribution in [3.05, 3.63) is 35.8 Å². The predicted octanol–water partition coefficient (Wildman–Crippen LogP) is 5.03. The van der Waals surface area contributed by atoms with Gasteiger partial charge in [-0.3, -0.25) is 0 Å². The van der Waals surface area contributed by atoms with Crippen LogP contribution in [0.25, 0.3) is 5.65 Å². The Hall–Kier alpha value is -1.31. The van der Waals surface area contributed by atoms with E-state index in [2.05, 4.69) is 35.4 Å². The summed E-state index contributed by atoms with van der Waals surface area (Å²) in [6.45, 7) is 16.1. The summed E-state index contributed by atoms with van der Waals surface area (Å²) in [6, 6.07) is 4.20. The van der Waals surface area contributed by atoms with Crippen LogP contribution in [-0.2, 0) is 0 Å². The van der Waals surface area contributed by atoms with E-state index in [0.29, 0.717) is 0 Å². The molecule has 2 heteroatoms. The van der Waals surface area contributed by atoms with Crippen molar-refractivity contribution in [2.45, 2.75) is 55.4 Å². The quantitative estimate of drug-likeness (QED) is 0.627. The van der Waals surface area contributed by atoms with E-state index in [1.165, 1.54) is 11.3 Å². The molecule has 98 valence electrons. The van der Waals surface area contributed by atoms with E-state index in [9.17, 15) is 0 Å². The number of aryl methyl sites for hydroxylation is 2. The molecule has 0 unspecified atom stereocenters. The van der Waals surface area contributed by atoms with Crippen LogP contribution in [0.4, 0.5) is 0 Å². The Kier molecular flexibility index (Phi) is 11.9. The molecular formula is C15H28N2. The van der Waals surface area contributed by atoms with Gasteiger partial charge in [-0.2, -0.15) is 0 Å². The second-order valence-electron chi connectivity index (χ2n) is 2.78. The summed E-state index contributed by atoms with van der Waals surface area (Å²) in [5.41, 5.74) is 3.51. The van der Waals surface area contributed by atoms with Crippen LogP contribution in [0.2, 0.25) is 0 Å². The van der Waals surface area contributed by atoms with E-state index in [1.807, 2.05) is 53.9 Å². The van der Waals surface area contributed by atoms with Crippen LogP contribution in [0.1, 0.15) is 52.8 Å². The van der Waals surface area contributed by atoms with Gasteiger partial charge in [0.1, 0.15) is 5.65 Å². The van der Waals surface area contributed by atoms with E-state index in [1.54, 1.807) is 0 Å². The minimum absolute atomic E-state index is 1.06. The van der Waals surface area contributed by atoms with E-state index in [-0.39, 0.29) is 0 Å². The Labute approximate surface area is 107 Å². The topological polar surface area (TPSA) is 17.3 Å². The van der Waals surface area contributed by atoms with Crippen LogP contribution < -0.4 is 0 Å². The van der Waals surface area contributed by atoms with Gasteiger partial charge >= 0.3 is 0 Å². The van der Waals surface area contributed by atoms with Gasteiger partial charge < -0.3 is 4.40 Å². The zero-order valence-corrected chi connectivity index (χ0v) is 12.7. The Bertz CT molecular complexity index is 353. The number of aromatic nitrogens is 2. The maximum Gasteiger partial charge on any atom is 0.139 e. The first kappa shape index (κ1) is 18.1. The number of pyridine rings is 1. The summed E-state index contributed by atoms with van der Waals surface area (Å²) >= 11 is 0. The average molecular weight is 236 g/mol. The van der Waals surface area contributed by atoms with E-state index < -0.39 is 0 Å². The molecule has 2 aromatic heterocycles. The molecule has 0 saturated heterocycles. The molecular weight excluding hydrogens is 208 g/mol. The van der Waals surface area contributed by atoms with Crippen molar-refractivity contribution in [1.82, 2.24) is 9.38 Å². The minimum atomic E-state index is 1.06. The fraction of sp³-hybridized carbons (Fsp3) is 0.533. The van der Waals surface area contributed by atoms with Crippen LogP contribution in [0.15, 0.2) is 24.5 Å². The highest BCUT2D eigenvalue weighted by Crippen LogP contribution is 2.09. The second-order valence-corrected chi connectivity index (χ2v) is 2.78. The summed E-state index contributed by atoms with van der Waals surface area (Å²) in [5.74, 6) is 0. The summed E-state index contributed by atoms with van der Waals surface area (Å²) in [5, 5.41) is 0. The molecule has 0 atom stereocenters. The smallest absolute Gasteiger partial charge is 0.139 e. The van der Waals surface area contributed by atoms with Crippen LogP contribution in [0.5, 0.6) is 0 Å². The lowest BCUT2D eigenvalue weighted by atomic mass is 10.2. The third-order valence-corrected chi connectivity index (χ3v) is 1.95. The summed E-state index contributed by atoms with van der Waals surface area (Å²) in [4.78, 5) is 4.24. The second kappa shape index (κ2) is 11.2. The number of imidazole rings is 1. The molecule has 0 fully saturated rings. The molecule has 0 N–H and O–H groups in total. The van der Waals surface area contributed by atoms with Crippen LogP contribution in [-0.4, -0.2) is 9.38 Å². The molecule has 17 heavy (non-hydrogen) atoms. The summed E-state index contributed by atoms with van der Waals surface area (Å²) in [7, 11) is 0. The zero-order chi connectivity index (χ0) is 13.8. The van der Waals surface area contributed by atoms with Crippen LogP contribution in [0.3, 0.4) is 0 Å². The monoisotopic (exact) mass is 236 g/mol. The van der Waals surface area contributed by atoms with Crippen molar-refractivity contribution in [2.24, 2.45) is 0 Å². The number of nitrogens with zero attached hydrogens (tertiary/aromatic N) is 2. The maximum absolute atomic E-state index is 4.24. The van der Waals surface area contributed by atoms with E-state index in [4.69, 9.17) is 0 Å². The van der Waals surface area contributed by atoms with Gasteiger partial charge in [0.2, 0.25) is 0 Å². The van der Waals surface area contributed by atoms with Gasteiger partial charge in [-0.25, -0.2) is 4.98 Å². The van der Waals surface area contributed by atoms with Gasteiger partial charge in [0, 0.05) is 18.1 Å². The fourth-order valence-corrected chi connectivity index (χ4v) is 1.28. The lowest BCUT2D eigenvalue weighted by Gasteiger charge is -2.00. The molecule has 0 spiro atoms. The van der Waals surface area contributed by atoms with Crippen molar-refractivity contribution in [1.29, 1.82) is 0 Å². The first-order valence-electron chi connectivity index (χ1n) is 6.68. The number of rotatable bonds is 0. The van der Waals surface area contributed by atoms with Crippen molar-refractivity contribution in [2.75, 3.05) is 0 Å². The number of hydrogen-bond acceptors (Lipinski definition) is 1. The van der Waals surface area contributed by atoms with Crippen LogP contribution >= 0.6 is 0 Å². The van der Waals surface area contributed by atoms with Gasteiger partial charge in [-0.1, -0.05) is 47.6 Å². The van der Waals surface area contributed by atoms with Gasteiger partial charge in [0.15, 0.2) is 0 Å². The molecule has 2 aromatic rings. The Morgan fingerprint density at radius 1 is 0.882 bits per heavy atom. The highest BCUT2D eigenvalue weighted by molar-refractivity contribution is 5.47. The highest BCUT2D eigenvalue weighted by Gasteiger charge is 1.98. The molecule has 2 rings (SSSR count). The molecule has 2 nitrogen and oxygen atoms in total. The standard InChI is InChI=1S/C9H10N2.3C2H6/c1-7-3-4-8(2)11-6-5-10-9(7)11;3*1-2/h3-6H,1-2H3;3*1-2H3. The highest BCUT2D eigenvalue weighted by atomic mass is 15.0. The maximum atomic E-state index is 4.24. The van der Waals surface area contributed by atoms with Crippen molar-refractivity contribution in [3.8, 4) is 0 Å². The summed E-state index contributed by atoms with van der Waals surface area (Å²) in [6.07, 6.45) is 3.81. The van der Waals surface area contributed by atoms with Gasteiger partial charge in [0.25, 0.3) is 0 Å². The van der Waals surface area contributed by atoms with E-state index in [0.717, 1.165) is 5.65 Å². The largest absolute Gasteiger partial charge is 0.304 e. The molecule has 0 radical (unpaired) electrons. The van der Waals surface area contributed by atoms with Gasteiger partial charge in [-0.15, -0.1) is 0 Å². The first-order valence-corrected chi connectivity index (χ1v) is 6.68. The third-order valence-electron chi connectivity index (χ3n) is 1.95. The summed E-state index contributed by atoms with van der Waals surface area (Å²) < 4.78 is 2.09.